The molecule has 0 saturated heterocycles. The smallest absolute Gasteiger partial charge is 0.151 e. The predicted molar refractivity (Wildman–Crippen MR) is 119 cm³/mol. The lowest BCUT2D eigenvalue weighted by Crippen LogP contribution is -2.04. The molecule has 6 heteroatoms. The fraction of sp³-hybridized carbons (Fsp3) is 0.409. The molecule has 2 aromatic carbocycles. The lowest BCUT2D eigenvalue weighted by atomic mass is 10.1. The number of ether oxygens (including phenoxy) is 1. The number of unbranched alkanes of at least 4 members (excludes halogenated alkanes) is 3. The first kappa shape index (κ1) is 22.0. The highest BCUT2D eigenvalue weighted by molar-refractivity contribution is 8.13. The van der Waals surface area contributed by atoms with Crippen molar-refractivity contribution in [1.82, 2.24) is 0 Å². The summed E-state index contributed by atoms with van der Waals surface area (Å²) >= 11 is 1.39. The van der Waals surface area contributed by atoms with E-state index >= 15 is 0 Å². The highest BCUT2D eigenvalue weighted by Crippen LogP contribution is 2.22. The van der Waals surface area contributed by atoms with Crippen molar-refractivity contribution in [3.8, 4) is 5.75 Å². The number of aryl methyl sites for hydroxylation is 1. The number of benzene rings is 2. The van der Waals surface area contributed by atoms with Gasteiger partial charge in [-0.05, 0) is 74.1 Å². The minimum Gasteiger partial charge on any atom is -0.494 e. The number of amidine groups is 1. The van der Waals surface area contributed by atoms with Crippen LogP contribution in [0, 0.1) is 5.41 Å². The maximum Gasteiger partial charge on any atom is 0.151 e. The summed E-state index contributed by atoms with van der Waals surface area (Å²) in [5.41, 5.74) is 8.33. The average molecular weight is 399 g/mol. The minimum absolute atomic E-state index is 0.192. The Bertz CT molecular complexity index is 729. The van der Waals surface area contributed by atoms with Crippen molar-refractivity contribution in [2.24, 2.45) is 16.0 Å². The van der Waals surface area contributed by atoms with Crippen molar-refractivity contribution in [1.29, 1.82) is 5.41 Å². The average Bonchev–Trinajstić information content (AvgIpc) is 2.71. The van der Waals surface area contributed by atoms with Gasteiger partial charge in [0.1, 0.15) is 5.75 Å². The summed E-state index contributed by atoms with van der Waals surface area (Å²) in [4.78, 5) is 0. The van der Waals surface area contributed by atoms with Crippen LogP contribution in [-0.4, -0.2) is 17.5 Å². The summed E-state index contributed by atoms with van der Waals surface area (Å²) in [6.45, 7) is 2.90. The van der Waals surface area contributed by atoms with Crippen molar-refractivity contribution in [2.45, 2.75) is 45.4 Å². The van der Waals surface area contributed by atoms with Crippen molar-refractivity contribution >= 4 is 28.3 Å². The Hall–Kier alpha value is -2.34. The number of hydrogen-bond donors (Lipinski definition) is 2. The van der Waals surface area contributed by atoms with Crippen LogP contribution >= 0.6 is 11.8 Å². The van der Waals surface area contributed by atoms with E-state index in [2.05, 4.69) is 29.3 Å². The van der Waals surface area contributed by atoms with Crippen molar-refractivity contribution in [3.63, 3.8) is 0 Å². The Balaban J connectivity index is 1.70. The Morgan fingerprint density at radius 2 is 1.57 bits per heavy atom. The molecule has 0 radical (unpaired) electrons. The molecular formula is C22H30N4OS. The second-order valence-corrected chi connectivity index (χ2v) is 7.72. The molecule has 0 spiro atoms. The maximum atomic E-state index is 7.15. The van der Waals surface area contributed by atoms with Gasteiger partial charge in [0.05, 0.1) is 18.0 Å². The Labute approximate surface area is 172 Å². The van der Waals surface area contributed by atoms with E-state index < -0.39 is 0 Å². The van der Waals surface area contributed by atoms with E-state index in [0.29, 0.717) is 6.61 Å². The van der Waals surface area contributed by atoms with Crippen molar-refractivity contribution in [3.05, 3.63) is 54.1 Å². The van der Waals surface area contributed by atoms with Gasteiger partial charge in [-0.15, -0.1) is 0 Å². The van der Waals surface area contributed by atoms with Crippen LogP contribution in [0.15, 0.2) is 58.8 Å². The van der Waals surface area contributed by atoms with E-state index in [9.17, 15) is 0 Å². The molecule has 28 heavy (non-hydrogen) atoms. The zero-order chi connectivity index (χ0) is 20.0. The second kappa shape index (κ2) is 12.9. The van der Waals surface area contributed by atoms with Gasteiger partial charge in [0.25, 0.3) is 0 Å². The largest absolute Gasteiger partial charge is 0.494 e. The van der Waals surface area contributed by atoms with Crippen molar-refractivity contribution < 1.29 is 4.74 Å². The molecule has 0 fully saturated rings. The molecule has 2 aromatic rings. The Morgan fingerprint density at radius 1 is 0.929 bits per heavy atom. The monoisotopic (exact) mass is 398 g/mol. The Kier molecular flexibility index (Phi) is 10.1. The summed E-state index contributed by atoms with van der Waals surface area (Å²) in [6, 6.07) is 16.0. The first-order valence-corrected chi connectivity index (χ1v) is 10.9. The number of hydrogen-bond acceptors (Lipinski definition) is 5. The van der Waals surface area contributed by atoms with Gasteiger partial charge in [-0.1, -0.05) is 37.2 Å². The zero-order valence-electron chi connectivity index (χ0n) is 16.6. The van der Waals surface area contributed by atoms with Gasteiger partial charge in [-0.3, -0.25) is 5.41 Å². The summed E-state index contributed by atoms with van der Waals surface area (Å²) in [7, 11) is 0. The first-order valence-electron chi connectivity index (χ1n) is 9.87. The lowest BCUT2D eigenvalue weighted by molar-refractivity contribution is 0.306. The summed E-state index contributed by atoms with van der Waals surface area (Å²) < 4.78 is 5.75. The van der Waals surface area contributed by atoms with E-state index in [1.54, 1.807) is 0 Å². The second-order valence-electron chi connectivity index (χ2n) is 6.59. The van der Waals surface area contributed by atoms with E-state index in [1.165, 1.54) is 30.2 Å². The third-order valence-corrected chi connectivity index (χ3v) is 4.99. The highest BCUT2D eigenvalue weighted by atomic mass is 32.2. The predicted octanol–water partition coefficient (Wildman–Crippen LogP) is 6.62. The number of nitrogens with two attached hydrogens (primary N) is 1. The molecule has 0 amide bonds. The van der Waals surface area contributed by atoms with E-state index in [4.69, 9.17) is 15.9 Å². The van der Waals surface area contributed by atoms with E-state index in [1.807, 2.05) is 36.4 Å². The highest BCUT2D eigenvalue weighted by Gasteiger charge is 1.98. The first-order chi connectivity index (χ1) is 13.7. The van der Waals surface area contributed by atoms with Crippen LogP contribution in [0.1, 0.15) is 44.6 Å². The normalized spacial score (nSPS) is 11.0. The van der Waals surface area contributed by atoms with Crippen LogP contribution < -0.4 is 10.5 Å². The molecule has 0 aliphatic carbocycles. The van der Waals surface area contributed by atoms with Gasteiger partial charge in [0.15, 0.2) is 5.17 Å². The van der Waals surface area contributed by atoms with Gasteiger partial charge >= 0.3 is 0 Å². The summed E-state index contributed by atoms with van der Waals surface area (Å²) in [6.07, 6.45) is 6.66. The topological polar surface area (TPSA) is 83.8 Å². The van der Waals surface area contributed by atoms with Crippen LogP contribution in [0.3, 0.4) is 0 Å². The zero-order valence-corrected chi connectivity index (χ0v) is 17.4. The molecular weight excluding hydrogens is 368 g/mol. The fourth-order valence-corrected chi connectivity index (χ4v) is 3.16. The number of thioether (sulfide) groups is 1. The Morgan fingerprint density at radius 3 is 2.18 bits per heavy atom. The van der Waals surface area contributed by atoms with Gasteiger partial charge in [-0.2, -0.15) is 10.2 Å². The molecule has 3 N–H and O–H groups in total. The molecule has 0 saturated carbocycles. The van der Waals surface area contributed by atoms with Crippen LogP contribution in [0.5, 0.6) is 5.75 Å². The molecule has 2 rings (SSSR count). The molecule has 150 valence electrons. The van der Waals surface area contributed by atoms with Gasteiger partial charge in [0.2, 0.25) is 0 Å². The van der Waals surface area contributed by atoms with Crippen LogP contribution in [0.25, 0.3) is 0 Å². The quantitative estimate of drug-likeness (QED) is 0.182. The number of nitrogens with one attached hydrogen (secondary N) is 1. The van der Waals surface area contributed by atoms with Crippen LogP contribution in [-0.2, 0) is 6.42 Å². The van der Waals surface area contributed by atoms with Gasteiger partial charge in [-0.25, -0.2) is 0 Å². The van der Waals surface area contributed by atoms with E-state index in [0.717, 1.165) is 48.6 Å². The fourth-order valence-electron chi connectivity index (χ4n) is 2.59. The van der Waals surface area contributed by atoms with Crippen LogP contribution in [0.2, 0.25) is 0 Å². The molecule has 5 nitrogen and oxygen atoms in total. The van der Waals surface area contributed by atoms with Crippen LogP contribution in [0.4, 0.5) is 11.4 Å². The molecule has 0 heterocycles. The minimum atomic E-state index is 0.192. The SMILES string of the molecule is CCCCc1ccc(N=Nc2ccc(OCCCCCSC(=N)N)cc2)cc1. The molecule has 0 aromatic heterocycles. The molecule has 0 unspecified atom stereocenters. The standard InChI is InChI=1S/C22H30N4OS/c1-2-3-7-18-8-10-19(11-9-18)25-26-20-12-14-21(15-13-20)27-16-5-4-6-17-28-22(23)24/h8-15H,2-7,16-17H2,1H3,(H3,23,24). The van der Waals surface area contributed by atoms with Crippen molar-refractivity contribution in [2.75, 3.05) is 12.4 Å². The summed E-state index contributed by atoms with van der Waals surface area (Å²) in [5.74, 6) is 1.74. The third kappa shape index (κ3) is 9.04. The lowest BCUT2D eigenvalue weighted by Gasteiger charge is -2.06. The van der Waals surface area contributed by atoms with Gasteiger partial charge < -0.3 is 10.5 Å². The molecule has 0 aliphatic rings. The molecule has 0 aliphatic heterocycles. The third-order valence-electron chi connectivity index (χ3n) is 4.19. The molecule has 0 bridgehead atoms. The number of nitrogens with zero attached hydrogens (tertiary/aromatic N) is 2. The molecule has 0 atom stereocenters. The number of azo groups is 1. The van der Waals surface area contributed by atoms with E-state index in [-0.39, 0.29) is 5.17 Å². The maximum absolute atomic E-state index is 7.15. The summed E-state index contributed by atoms with van der Waals surface area (Å²) in [5, 5.41) is 15.9. The van der Waals surface area contributed by atoms with Gasteiger partial charge in [0, 0.05) is 5.75 Å². The number of rotatable bonds is 12.